The van der Waals surface area contributed by atoms with E-state index in [1.807, 2.05) is 31.2 Å². The first-order valence-corrected chi connectivity index (χ1v) is 8.94. The van der Waals surface area contributed by atoms with Gasteiger partial charge in [0.15, 0.2) is 11.5 Å². The Morgan fingerprint density at radius 2 is 2.00 bits per heavy atom. The van der Waals surface area contributed by atoms with Crippen molar-refractivity contribution in [1.82, 2.24) is 20.3 Å². The summed E-state index contributed by atoms with van der Waals surface area (Å²) in [7, 11) is 0. The molecule has 4 rings (SSSR count). The van der Waals surface area contributed by atoms with Gasteiger partial charge in [0.2, 0.25) is 5.91 Å². The van der Waals surface area contributed by atoms with Gasteiger partial charge in [0.25, 0.3) is 5.89 Å². The number of aryl methyl sites for hydroxylation is 2. The third-order valence-electron chi connectivity index (χ3n) is 4.63. The van der Waals surface area contributed by atoms with Crippen LogP contribution in [0.4, 0.5) is 5.69 Å². The standard InChI is InChI=1S/C19H21N5O2/c1-12-7-9-13(10-8-12)20-17(25)11-16-21-19(26-24-16)18-14-5-3-2-4-6-15(14)22-23-18/h7-10H,2-6,11H2,1H3,(H,20,25)(H,22,23). The molecule has 2 aromatic heterocycles. The van der Waals surface area contributed by atoms with E-state index >= 15 is 0 Å². The minimum Gasteiger partial charge on any atom is -0.332 e. The monoisotopic (exact) mass is 351 g/mol. The predicted octanol–water partition coefficient (Wildman–Crippen LogP) is 3.22. The lowest BCUT2D eigenvalue weighted by atomic mass is 10.1. The molecule has 0 atom stereocenters. The molecule has 1 aliphatic carbocycles. The van der Waals surface area contributed by atoms with E-state index in [2.05, 4.69) is 25.7 Å². The molecule has 0 saturated carbocycles. The van der Waals surface area contributed by atoms with Gasteiger partial charge in [-0.3, -0.25) is 9.89 Å². The van der Waals surface area contributed by atoms with Crippen LogP contribution in [0.2, 0.25) is 0 Å². The molecule has 0 fully saturated rings. The fourth-order valence-electron chi connectivity index (χ4n) is 3.24. The van der Waals surface area contributed by atoms with Crippen LogP contribution in [0.1, 0.15) is 41.9 Å². The first-order valence-electron chi connectivity index (χ1n) is 8.94. The van der Waals surface area contributed by atoms with Crippen LogP contribution in [0, 0.1) is 6.92 Å². The number of hydrogen-bond donors (Lipinski definition) is 2. The molecule has 26 heavy (non-hydrogen) atoms. The minimum absolute atomic E-state index is 0.0595. The van der Waals surface area contributed by atoms with Crippen molar-refractivity contribution in [1.29, 1.82) is 0 Å². The molecule has 0 aliphatic heterocycles. The van der Waals surface area contributed by atoms with E-state index in [0.717, 1.165) is 41.9 Å². The maximum atomic E-state index is 12.2. The first-order chi connectivity index (χ1) is 12.7. The van der Waals surface area contributed by atoms with Crippen LogP contribution in [-0.2, 0) is 24.1 Å². The van der Waals surface area contributed by atoms with Crippen LogP contribution >= 0.6 is 0 Å². The van der Waals surface area contributed by atoms with E-state index in [0.29, 0.717) is 11.7 Å². The topological polar surface area (TPSA) is 96.7 Å². The number of carbonyl (C=O) groups excluding carboxylic acids is 1. The van der Waals surface area contributed by atoms with Crippen molar-refractivity contribution < 1.29 is 9.32 Å². The van der Waals surface area contributed by atoms with Crippen LogP contribution in [0.3, 0.4) is 0 Å². The number of benzene rings is 1. The Balaban J connectivity index is 1.46. The lowest BCUT2D eigenvalue weighted by molar-refractivity contribution is -0.115. The normalized spacial score (nSPS) is 13.9. The van der Waals surface area contributed by atoms with Crippen LogP contribution in [0.15, 0.2) is 28.8 Å². The zero-order valence-electron chi connectivity index (χ0n) is 14.7. The van der Waals surface area contributed by atoms with Crippen molar-refractivity contribution in [2.45, 2.75) is 45.4 Å². The number of amides is 1. The highest BCUT2D eigenvalue weighted by atomic mass is 16.5. The maximum Gasteiger partial charge on any atom is 0.278 e. The molecule has 2 heterocycles. The second kappa shape index (κ2) is 7.11. The summed E-state index contributed by atoms with van der Waals surface area (Å²) in [6, 6.07) is 7.64. The number of carbonyl (C=O) groups is 1. The summed E-state index contributed by atoms with van der Waals surface area (Å²) in [5, 5.41) is 14.2. The second-order valence-corrected chi connectivity index (χ2v) is 6.70. The molecular formula is C19H21N5O2. The summed E-state index contributed by atoms with van der Waals surface area (Å²) in [6.07, 6.45) is 5.55. The first kappa shape index (κ1) is 16.5. The fraction of sp³-hybridized carbons (Fsp3) is 0.368. The van der Waals surface area contributed by atoms with Gasteiger partial charge in [-0.2, -0.15) is 10.1 Å². The molecule has 3 aromatic rings. The van der Waals surface area contributed by atoms with Crippen molar-refractivity contribution in [3.63, 3.8) is 0 Å². The highest BCUT2D eigenvalue weighted by Gasteiger charge is 2.21. The summed E-state index contributed by atoms with van der Waals surface area (Å²) in [5.41, 5.74) is 4.95. The average molecular weight is 351 g/mol. The Bertz CT molecular complexity index is 910. The molecule has 134 valence electrons. The van der Waals surface area contributed by atoms with E-state index in [-0.39, 0.29) is 12.3 Å². The average Bonchev–Trinajstić information content (AvgIpc) is 3.17. The van der Waals surface area contributed by atoms with Gasteiger partial charge in [0.05, 0.1) is 6.42 Å². The van der Waals surface area contributed by atoms with Gasteiger partial charge < -0.3 is 9.84 Å². The quantitative estimate of drug-likeness (QED) is 0.704. The van der Waals surface area contributed by atoms with E-state index < -0.39 is 0 Å². The molecule has 0 radical (unpaired) electrons. The Kier molecular flexibility index (Phi) is 4.51. The Labute approximate surface area is 151 Å². The molecule has 1 aliphatic rings. The van der Waals surface area contributed by atoms with Crippen LogP contribution in [-0.4, -0.2) is 26.2 Å². The summed E-state index contributed by atoms with van der Waals surface area (Å²) in [6.45, 7) is 2.00. The summed E-state index contributed by atoms with van der Waals surface area (Å²) >= 11 is 0. The zero-order valence-corrected chi connectivity index (χ0v) is 14.7. The highest BCUT2D eigenvalue weighted by molar-refractivity contribution is 5.91. The van der Waals surface area contributed by atoms with Gasteiger partial charge in [0, 0.05) is 16.9 Å². The number of aromatic amines is 1. The van der Waals surface area contributed by atoms with Gasteiger partial charge >= 0.3 is 0 Å². The Morgan fingerprint density at radius 3 is 2.85 bits per heavy atom. The van der Waals surface area contributed by atoms with Crippen molar-refractivity contribution in [2.75, 3.05) is 5.32 Å². The van der Waals surface area contributed by atoms with Crippen LogP contribution in [0.25, 0.3) is 11.6 Å². The summed E-state index contributed by atoms with van der Waals surface area (Å²) < 4.78 is 5.36. The van der Waals surface area contributed by atoms with Crippen molar-refractivity contribution in [3.8, 4) is 11.6 Å². The molecule has 1 aromatic carbocycles. The second-order valence-electron chi connectivity index (χ2n) is 6.70. The molecule has 0 spiro atoms. The van der Waals surface area contributed by atoms with Crippen LogP contribution in [0.5, 0.6) is 0 Å². The number of nitrogens with one attached hydrogen (secondary N) is 2. The van der Waals surface area contributed by atoms with Gasteiger partial charge in [-0.1, -0.05) is 29.3 Å². The number of rotatable bonds is 4. The summed E-state index contributed by atoms with van der Waals surface area (Å²) in [4.78, 5) is 16.6. The Morgan fingerprint density at radius 1 is 1.19 bits per heavy atom. The SMILES string of the molecule is Cc1ccc(NC(=O)Cc2noc(-c3n[nH]c4c3CCCCC4)n2)cc1. The molecule has 0 bridgehead atoms. The zero-order chi connectivity index (χ0) is 17.9. The molecule has 0 saturated heterocycles. The fourth-order valence-corrected chi connectivity index (χ4v) is 3.24. The third-order valence-corrected chi connectivity index (χ3v) is 4.63. The minimum atomic E-state index is -0.179. The molecule has 7 heteroatoms. The highest BCUT2D eigenvalue weighted by Crippen LogP contribution is 2.27. The smallest absolute Gasteiger partial charge is 0.278 e. The molecule has 0 unspecified atom stereocenters. The molecular weight excluding hydrogens is 330 g/mol. The Hall–Kier alpha value is -2.96. The van der Waals surface area contributed by atoms with E-state index in [1.165, 1.54) is 18.4 Å². The molecule has 1 amide bonds. The van der Waals surface area contributed by atoms with Gasteiger partial charge in [-0.05, 0) is 44.7 Å². The molecule has 7 nitrogen and oxygen atoms in total. The van der Waals surface area contributed by atoms with Crippen molar-refractivity contribution >= 4 is 11.6 Å². The summed E-state index contributed by atoms with van der Waals surface area (Å²) in [5.74, 6) is 0.555. The lowest BCUT2D eigenvalue weighted by Gasteiger charge is -2.03. The predicted molar refractivity (Wildman–Crippen MR) is 96.7 cm³/mol. The number of hydrogen-bond acceptors (Lipinski definition) is 5. The van der Waals surface area contributed by atoms with E-state index in [4.69, 9.17) is 4.52 Å². The van der Waals surface area contributed by atoms with Gasteiger partial charge in [0.1, 0.15) is 0 Å². The van der Waals surface area contributed by atoms with Crippen molar-refractivity contribution in [2.24, 2.45) is 0 Å². The van der Waals surface area contributed by atoms with Crippen LogP contribution < -0.4 is 5.32 Å². The number of fused-ring (bicyclic) bond motifs is 1. The molecule has 2 N–H and O–H groups in total. The van der Waals surface area contributed by atoms with Gasteiger partial charge in [-0.25, -0.2) is 0 Å². The van der Waals surface area contributed by atoms with E-state index in [1.54, 1.807) is 0 Å². The number of H-pyrrole nitrogens is 1. The lowest BCUT2D eigenvalue weighted by Crippen LogP contribution is -2.15. The van der Waals surface area contributed by atoms with E-state index in [9.17, 15) is 4.79 Å². The number of anilines is 1. The maximum absolute atomic E-state index is 12.2. The largest absolute Gasteiger partial charge is 0.332 e. The number of nitrogens with zero attached hydrogens (tertiary/aromatic N) is 3. The third kappa shape index (κ3) is 3.51. The number of aromatic nitrogens is 4. The van der Waals surface area contributed by atoms with Gasteiger partial charge in [-0.15, -0.1) is 0 Å². The van der Waals surface area contributed by atoms with Crippen molar-refractivity contribution in [3.05, 3.63) is 46.9 Å².